The molecule has 0 aliphatic heterocycles. The van der Waals surface area contributed by atoms with Gasteiger partial charge >= 0.3 is 11.9 Å². The highest BCUT2D eigenvalue weighted by Gasteiger charge is 2.28. The number of aromatic carboxylic acids is 1. The summed E-state index contributed by atoms with van der Waals surface area (Å²) in [5, 5.41) is 35.7. The molecule has 6 nitrogen and oxygen atoms in total. The molecular weight excluding hydrogens is 252 g/mol. The van der Waals surface area contributed by atoms with Gasteiger partial charge in [0.25, 0.3) is 0 Å². The number of carboxylic acid groups (broad SMARTS) is 2. The molecule has 7 heteroatoms. The van der Waals surface area contributed by atoms with E-state index in [0.29, 0.717) is 0 Å². The minimum Gasteiger partial charge on any atom is -0.479 e. The molecule has 1 aromatic rings. The first-order valence-corrected chi connectivity index (χ1v) is 4.84. The Bertz CT molecular complexity index is 458. The number of rotatable bonds is 4. The number of halogens is 1. The third-order valence-corrected chi connectivity index (χ3v) is 2.55. The van der Waals surface area contributed by atoms with Crippen LogP contribution in [0.3, 0.4) is 0 Å². The zero-order chi connectivity index (χ0) is 13.2. The molecule has 92 valence electrons. The van der Waals surface area contributed by atoms with E-state index in [9.17, 15) is 14.7 Å². The van der Waals surface area contributed by atoms with Gasteiger partial charge in [-0.15, -0.1) is 0 Å². The van der Waals surface area contributed by atoms with Gasteiger partial charge in [-0.3, -0.25) is 0 Å². The number of aliphatic hydroxyl groups is 2. The van der Waals surface area contributed by atoms with Crippen LogP contribution in [-0.2, 0) is 4.79 Å². The highest BCUT2D eigenvalue weighted by molar-refractivity contribution is 6.34. The van der Waals surface area contributed by atoms with Gasteiger partial charge in [-0.25, -0.2) is 9.59 Å². The largest absolute Gasteiger partial charge is 0.479 e. The van der Waals surface area contributed by atoms with Crippen molar-refractivity contribution in [1.82, 2.24) is 0 Å². The summed E-state index contributed by atoms with van der Waals surface area (Å²) in [6, 6.07) is 3.74. The molecule has 0 aliphatic carbocycles. The van der Waals surface area contributed by atoms with Crippen molar-refractivity contribution >= 4 is 23.5 Å². The lowest BCUT2D eigenvalue weighted by Crippen LogP contribution is -2.27. The molecule has 2 atom stereocenters. The van der Waals surface area contributed by atoms with Gasteiger partial charge in [0.15, 0.2) is 6.10 Å². The van der Waals surface area contributed by atoms with Crippen molar-refractivity contribution in [3.05, 3.63) is 34.3 Å². The van der Waals surface area contributed by atoms with E-state index in [-0.39, 0.29) is 16.1 Å². The Balaban J connectivity index is 3.19. The second-order valence-electron chi connectivity index (χ2n) is 3.24. The molecule has 2 unspecified atom stereocenters. The van der Waals surface area contributed by atoms with E-state index in [0.717, 1.165) is 0 Å². The highest BCUT2D eigenvalue weighted by atomic mass is 35.5. The van der Waals surface area contributed by atoms with Crippen LogP contribution >= 0.6 is 11.6 Å². The van der Waals surface area contributed by atoms with Crippen LogP contribution in [-0.4, -0.2) is 38.5 Å². The minimum absolute atomic E-state index is 0.151. The highest BCUT2D eigenvalue weighted by Crippen LogP contribution is 2.28. The Morgan fingerprint density at radius 1 is 1.18 bits per heavy atom. The predicted octanol–water partition coefficient (Wildman–Crippen LogP) is 0.517. The van der Waals surface area contributed by atoms with Crippen LogP contribution in [0.1, 0.15) is 22.0 Å². The second-order valence-corrected chi connectivity index (χ2v) is 3.62. The molecule has 0 heterocycles. The van der Waals surface area contributed by atoms with Gasteiger partial charge in [-0.1, -0.05) is 23.7 Å². The monoisotopic (exact) mass is 260 g/mol. The van der Waals surface area contributed by atoms with E-state index in [2.05, 4.69) is 0 Å². The van der Waals surface area contributed by atoms with Gasteiger partial charge < -0.3 is 20.4 Å². The Kier molecular flexibility index (Phi) is 4.06. The number of carboxylic acids is 2. The quantitative estimate of drug-likeness (QED) is 0.627. The third-order valence-electron chi connectivity index (χ3n) is 2.13. The summed E-state index contributed by atoms with van der Waals surface area (Å²) in [6.45, 7) is 0. The van der Waals surface area contributed by atoms with Gasteiger partial charge in [0.1, 0.15) is 6.10 Å². The summed E-state index contributed by atoms with van der Waals surface area (Å²) in [5.74, 6) is -2.94. The molecule has 17 heavy (non-hydrogen) atoms. The number of hydrogen-bond donors (Lipinski definition) is 4. The summed E-state index contributed by atoms with van der Waals surface area (Å²) in [7, 11) is 0. The molecule has 4 N–H and O–H groups in total. The smallest absolute Gasteiger partial charge is 0.337 e. The Morgan fingerprint density at radius 3 is 2.24 bits per heavy atom. The Morgan fingerprint density at radius 2 is 1.76 bits per heavy atom. The molecule has 0 amide bonds. The number of carbonyl (C=O) groups is 2. The van der Waals surface area contributed by atoms with Crippen LogP contribution in [0.4, 0.5) is 0 Å². The van der Waals surface area contributed by atoms with E-state index in [4.69, 9.17) is 26.9 Å². The number of benzene rings is 1. The molecule has 0 saturated carbocycles. The fourth-order valence-electron chi connectivity index (χ4n) is 1.25. The first kappa shape index (κ1) is 13.4. The molecule has 0 radical (unpaired) electrons. The number of aliphatic carboxylic acids is 1. The number of aliphatic hydroxyl groups excluding tert-OH is 2. The Labute approximate surface area is 101 Å². The normalized spacial score (nSPS) is 14.1. The molecule has 0 saturated heterocycles. The maximum Gasteiger partial charge on any atom is 0.337 e. The van der Waals surface area contributed by atoms with Gasteiger partial charge in [0.2, 0.25) is 0 Å². The molecule has 1 aromatic carbocycles. The van der Waals surface area contributed by atoms with Crippen molar-refractivity contribution in [1.29, 1.82) is 0 Å². The molecule has 0 bridgehead atoms. The van der Waals surface area contributed by atoms with E-state index in [1.807, 2.05) is 0 Å². The second kappa shape index (κ2) is 5.13. The van der Waals surface area contributed by atoms with E-state index >= 15 is 0 Å². The SMILES string of the molecule is O=C(O)c1cccc(C(O)C(O)C(=O)O)c1Cl. The lowest BCUT2D eigenvalue weighted by atomic mass is 10.0. The minimum atomic E-state index is -2.07. The molecule has 0 aromatic heterocycles. The predicted molar refractivity (Wildman–Crippen MR) is 57.0 cm³/mol. The van der Waals surface area contributed by atoms with Crippen molar-refractivity contribution < 1.29 is 30.0 Å². The average Bonchev–Trinajstić information content (AvgIpc) is 2.26. The first-order valence-electron chi connectivity index (χ1n) is 4.47. The van der Waals surface area contributed by atoms with Gasteiger partial charge in [-0.2, -0.15) is 0 Å². The number of hydrogen-bond acceptors (Lipinski definition) is 4. The third kappa shape index (κ3) is 2.73. The first-order chi connectivity index (χ1) is 7.86. The van der Waals surface area contributed by atoms with E-state index < -0.39 is 24.1 Å². The lowest BCUT2D eigenvalue weighted by Gasteiger charge is -2.16. The average molecular weight is 261 g/mol. The maximum absolute atomic E-state index is 10.8. The van der Waals surface area contributed by atoms with Crippen molar-refractivity contribution in [2.24, 2.45) is 0 Å². The van der Waals surface area contributed by atoms with Crippen molar-refractivity contribution in [3.8, 4) is 0 Å². The Hall–Kier alpha value is -1.63. The van der Waals surface area contributed by atoms with Crippen LogP contribution in [0.15, 0.2) is 18.2 Å². The van der Waals surface area contributed by atoms with E-state index in [1.54, 1.807) is 0 Å². The van der Waals surface area contributed by atoms with Crippen molar-refractivity contribution in [3.63, 3.8) is 0 Å². The van der Waals surface area contributed by atoms with Crippen LogP contribution in [0.5, 0.6) is 0 Å². The summed E-state index contributed by atoms with van der Waals surface area (Å²) >= 11 is 5.70. The summed E-state index contributed by atoms with van der Waals surface area (Å²) in [5.41, 5.74) is -0.428. The summed E-state index contributed by atoms with van der Waals surface area (Å²) in [4.78, 5) is 21.2. The zero-order valence-electron chi connectivity index (χ0n) is 8.37. The zero-order valence-corrected chi connectivity index (χ0v) is 9.13. The summed E-state index contributed by atoms with van der Waals surface area (Å²) in [6.07, 6.45) is -3.86. The van der Waals surface area contributed by atoms with Gasteiger partial charge in [-0.05, 0) is 6.07 Å². The topological polar surface area (TPSA) is 115 Å². The van der Waals surface area contributed by atoms with Crippen LogP contribution in [0.2, 0.25) is 5.02 Å². The molecule has 0 fully saturated rings. The molecule has 1 rings (SSSR count). The maximum atomic E-state index is 10.8. The van der Waals surface area contributed by atoms with Crippen LogP contribution in [0, 0.1) is 0 Å². The molecular formula is C10H9ClO6. The van der Waals surface area contributed by atoms with Gasteiger partial charge in [0, 0.05) is 5.56 Å². The molecule has 0 aliphatic rings. The van der Waals surface area contributed by atoms with Gasteiger partial charge in [0.05, 0.1) is 10.6 Å². The lowest BCUT2D eigenvalue weighted by molar-refractivity contribution is -0.153. The van der Waals surface area contributed by atoms with E-state index in [1.165, 1.54) is 18.2 Å². The fraction of sp³-hybridized carbons (Fsp3) is 0.200. The molecule has 0 spiro atoms. The van der Waals surface area contributed by atoms with Crippen molar-refractivity contribution in [2.45, 2.75) is 12.2 Å². The standard InChI is InChI=1S/C10H9ClO6/c11-6-4(7(12)8(13)10(16)17)2-1-3-5(6)9(14)15/h1-3,7-8,12-13H,(H,14,15)(H,16,17). The fourth-order valence-corrected chi connectivity index (χ4v) is 1.57. The van der Waals surface area contributed by atoms with Crippen LogP contribution in [0.25, 0.3) is 0 Å². The summed E-state index contributed by atoms with van der Waals surface area (Å²) < 4.78 is 0. The van der Waals surface area contributed by atoms with Crippen LogP contribution < -0.4 is 0 Å². The van der Waals surface area contributed by atoms with Crippen molar-refractivity contribution in [2.75, 3.05) is 0 Å².